The molecule has 94 valence electrons. The van der Waals surface area contributed by atoms with Gasteiger partial charge < -0.3 is 9.88 Å². The lowest BCUT2D eigenvalue weighted by Crippen LogP contribution is -2.32. The van der Waals surface area contributed by atoms with Crippen molar-refractivity contribution >= 4 is 0 Å². The lowest BCUT2D eigenvalue weighted by Gasteiger charge is -2.31. The van der Waals surface area contributed by atoms with Crippen molar-refractivity contribution in [2.45, 2.75) is 63.5 Å². The fourth-order valence-electron chi connectivity index (χ4n) is 3.49. The molecular weight excluding hydrogens is 210 g/mol. The zero-order valence-corrected chi connectivity index (χ0v) is 10.8. The van der Waals surface area contributed by atoms with E-state index < -0.39 is 0 Å². The zero-order chi connectivity index (χ0) is 11.7. The van der Waals surface area contributed by atoms with E-state index in [2.05, 4.69) is 28.2 Å². The largest absolute Gasteiger partial charge is 0.331 e. The Morgan fingerprint density at radius 1 is 1.24 bits per heavy atom. The maximum absolute atomic E-state index is 4.63. The van der Waals surface area contributed by atoms with Crippen molar-refractivity contribution in [3.63, 3.8) is 0 Å². The summed E-state index contributed by atoms with van der Waals surface area (Å²) < 4.78 is 2.50. The summed E-state index contributed by atoms with van der Waals surface area (Å²) in [6.45, 7) is 0. The molecule has 2 aliphatic rings. The average molecular weight is 233 g/mol. The lowest BCUT2D eigenvalue weighted by atomic mass is 9.90. The van der Waals surface area contributed by atoms with Gasteiger partial charge in [0, 0.05) is 17.8 Å². The molecule has 17 heavy (non-hydrogen) atoms. The van der Waals surface area contributed by atoms with Gasteiger partial charge in [-0.2, -0.15) is 0 Å². The van der Waals surface area contributed by atoms with E-state index in [9.17, 15) is 0 Å². The van der Waals surface area contributed by atoms with Crippen molar-refractivity contribution in [3.05, 3.63) is 17.7 Å². The average Bonchev–Trinajstić information content (AvgIpc) is 2.82. The standard InChI is InChI=1S/C14H23N3/c1-15-11-5-4-6-12(9-11)17-10-16-13-7-2-3-8-14(13)17/h10-12,15H,2-9H2,1H3. The van der Waals surface area contributed by atoms with Crippen LogP contribution in [0.5, 0.6) is 0 Å². The fraction of sp³-hybridized carbons (Fsp3) is 0.786. The molecule has 2 aliphatic carbocycles. The molecule has 0 amide bonds. The highest BCUT2D eigenvalue weighted by Crippen LogP contribution is 2.32. The Morgan fingerprint density at radius 3 is 3.00 bits per heavy atom. The van der Waals surface area contributed by atoms with Gasteiger partial charge >= 0.3 is 0 Å². The van der Waals surface area contributed by atoms with E-state index in [-0.39, 0.29) is 0 Å². The number of hydrogen-bond acceptors (Lipinski definition) is 2. The van der Waals surface area contributed by atoms with Crippen molar-refractivity contribution in [3.8, 4) is 0 Å². The van der Waals surface area contributed by atoms with Gasteiger partial charge in [-0.3, -0.25) is 0 Å². The summed E-state index contributed by atoms with van der Waals surface area (Å²) >= 11 is 0. The number of imidazole rings is 1. The quantitative estimate of drug-likeness (QED) is 0.850. The second kappa shape index (κ2) is 4.81. The molecule has 3 heteroatoms. The number of nitrogens with one attached hydrogen (secondary N) is 1. The third-order valence-corrected chi connectivity index (χ3v) is 4.51. The van der Waals surface area contributed by atoms with Crippen LogP contribution >= 0.6 is 0 Å². The van der Waals surface area contributed by atoms with Gasteiger partial charge in [0.1, 0.15) is 0 Å². The molecule has 3 nitrogen and oxygen atoms in total. The maximum Gasteiger partial charge on any atom is 0.0954 e. The molecule has 3 rings (SSSR count). The van der Waals surface area contributed by atoms with E-state index in [1.807, 2.05) is 0 Å². The Bertz CT molecular complexity index is 383. The van der Waals surface area contributed by atoms with Crippen LogP contribution in [0.1, 0.15) is 56.0 Å². The zero-order valence-electron chi connectivity index (χ0n) is 10.8. The van der Waals surface area contributed by atoms with E-state index in [1.54, 1.807) is 0 Å². The molecule has 0 aromatic carbocycles. The number of rotatable bonds is 2. The van der Waals surface area contributed by atoms with Crippen molar-refractivity contribution in [1.29, 1.82) is 0 Å². The third-order valence-electron chi connectivity index (χ3n) is 4.51. The van der Waals surface area contributed by atoms with Crippen LogP contribution in [0, 0.1) is 0 Å². The van der Waals surface area contributed by atoms with E-state index in [0.717, 1.165) is 0 Å². The Labute approximate surface area is 104 Å². The molecule has 1 N–H and O–H groups in total. The van der Waals surface area contributed by atoms with Gasteiger partial charge in [0.2, 0.25) is 0 Å². The minimum Gasteiger partial charge on any atom is -0.331 e. The van der Waals surface area contributed by atoms with Crippen molar-refractivity contribution in [2.24, 2.45) is 0 Å². The summed E-state index contributed by atoms with van der Waals surface area (Å²) in [7, 11) is 2.09. The predicted molar refractivity (Wildman–Crippen MR) is 69.2 cm³/mol. The molecular formula is C14H23N3. The third kappa shape index (κ3) is 2.13. The Hall–Kier alpha value is -0.830. The molecule has 1 fully saturated rings. The topological polar surface area (TPSA) is 29.9 Å². The summed E-state index contributed by atoms with van der Waals surface area (Å²) in [6, 6.07) is 1.39. The highest BCUT2D eigenvalue weighted by Gasteiger charge is 2.25. The molecule has 1 aromatic heterocycles. The first-order valence-corrected chi connectivity index (χ1v) is 7.10. The van der Waals surface area contributed by atoms with Crippen molar-refractivity contribution in [1.82, 2.24) is 14.9 Å². The van der Waals surface area contributed by atoms with Crippen LogP contribution < -0.4 is 5.32 Å². The van der Waals surface area contributed by atoms with Crippen LogP contribution in [0.3, 0.4) is 0 Å². The molecule has 0 radical (unpaired) electrons. The van der Waals surface area contributed by atoms with Gasteiger partial charge in [-0.05, 0) is 58.4 Å². The maximum atomic E-state index is 4.63. The van der Waals surface area contributed by atoms with Crippen LogP contribution in [-0.4, -0.2) is 22.6 Å². The van der Waals surface area contributed by atoms with Gasteiger partial charge in [0.15, 0.2) is 0 Å². The highest BCUT2D eigenvalue weighted by molar-refractivity contribution is 5.17. The molecule has 1 heterocycles. The van der Waals surface area contributed by atoms with Gasteiger partial charge in [0.25, 0.3) is 0 Å². The Morgan fingerprint density at radius 2 is 2.12 bits per heavy atom. The second-order valence-electron chi connectivity index (χ2n) is 5.56. The van der Waals surface area contributed by atoms with Gasteiger partial charge in [0.05, 0.1) is 12.0 Å². The predicted octanol–water partition coefficient (Wildman–Crippen LogP) is 2.47. The van der Waals surface area contributed by atoms with Crippen LogP contribution in [0.4, 0.5) is 0 Å². The summed E-state index contributed by atoms with van der Waals surface area (Å²) in [5.41, 5.74) is 2.92. The van der Waals surface area contributed by atoms with Gasteiger partial charge in [-0.1, -0.05) is 0 Å². The summed E-state index contributed by atoms with van der Waals surface area (Å²) in [5, 5.41) is 3.44. The number of fused-ring (bicyclic) bond motifs is 1. The first-order valence-electron chi connectivity index (χ1n) is 7.10. The summed E-state index contributed by atoms with van der Waals surface area (Å²) in [4.78, 5) is 4.63. The molecule has 0 saturated heterocycles. The molecule has 2 unspecified atom stereocenters. The van der Waals surface area contributed by atoms with Crippen LogP contribution in [0.15, 0.2) is 6.33 Å². The van der Waals surface area contributed by atoms with Crippen molar-refractivity contribution in [2.75, 3.05) is 7.05 Å². The summed E-state index contributed by atoms with van der Waals surface area (Å²) in [5.74, 6) is 0. The molecule has 0 spiro atoms. The van der Waals surface area contributed by atoms with Crippen LogP contribution in [-0.2, 0) is 12.8 Å². The van der Waals surface area contributed by atoms with Crippen molar-refractivity contribution < 1.29 is 0 Å². The number of hydrogen-bond donors (Lipinski definition) is 1. The van der Waals surface area contributed by atoms with E-state index in [1.165, 1.54) is 62.8 Å². The molecule has 0 bridgehead atoms. The monoisotopic (exact) mass is 233 g/mol. The van der Waals surface area contributed by atoms with Gasteiger partial charge in [-0.15, -0.1) is 0 Å². The fourth-order valence-corrected chi connectivity index (χ4v) is 3.49. The number of aromatic nitrogens is 2. The minimum atomic E-state index is 0.690. The first kappa shape index (κ1) is 11.3. The van der Waals surface area contributed by atoms with Crippen LogP contribution in [0.25, 0.3) is 0 Å². The van der Waals surface area contributed by atoms with Crippen LogP contribution in [0.2, 0.25) is 0 Å². The Balaban J connectivity index is 1.81. The highest BCUT2D eigenvalue weighted by atomic mass is 15.1. The number of aryl methyl sites for hydroxylation is 1. The minimum absolute atomic E-state index is 0.690. The smallest absolute Gasteiger partial charge is 0.0954 e. The Kier molecular flexibility index (Phi) is 3.19. The lowest BCUT2D eigenvalue weighted by molar-refractivity contribution is 0.289. The normalized spacial score (nSPS) is 29.0. The molecule has 1 aromatic rings. The molecule has 2 atom stereocenters. The number of nitrogens with zero attached hydrogens (tertiary/aromatic N) is 2. The molecule has 1 saturated carbocycles. The molecule has 0 aliphatic heterocycles. The summed E-state index contributed by atoms with van der Waals surface area (Å²) in [6.07, 6.45) is 12.5. The SMILES string of the molecule is CNC1CCCC(n2cnc3c2CCCC3)C1. The second-order valence-corrected chi connectivity index (χ2v) is 5.56. The first-order chi connectivity index (χ1) is 8.38. The van der Waals surface area contributed by atoms with E-state index >= 15 is 0 Å². The van der Waals surface area contributed by atoms with E-state index in [4.69, 9.17) is 0 Å². The van der Waals surface area contributed by atoms with E-state index in [0.29, 0.717) is 12.1 Å². The van der Waals surface area contributed by atoms with Gasteiger partial charge in [-0.25, -0.2) is 4.98 Å².